The number of benzene rings is 2. The predicted molar refractivity (Wildman–Crippen MR) is 138 cm³/mol. The van der Waals surface area contributed by atoms with E-state index in [1.807, 2.05) is 0 Å². The SMILES string of the molecule is CCCC1CCC(C2CCC(CCc3ccc(OC(F)(F)c4cc(F)c(OC(F)(F)F)c(F)c4)cc3)CC2)CC1. The third kappa shape index (κ3) is 8.29. The van der Waals surface area contributed by atoms with Crippen LogP contribution < -0.4 is 9.47 Å². The van der Waals surface area contributed by atoms with Crippen molar-refractivity contribution in [3.05, 3.63) is 59.2 Å². The molecule has 0 saturated heterocycles. The van der Waals surface area contributed by atoms with Crippen LogP contribution in [0.4, 0.5) is 30.7 Å². The molecule has 0 heterocycles. The van der Waals surface area contributed by atoms with E-state index in [1.54, 1.807) is 12.1 Å². The molecule has 2 aliphatic rings. The molecule has 2 nitrogen and oxygen atoms in total. The highest BCUT2D eigenvalue weighted by Crippen LogP contribution is 2.43. The minimum absolute atomic E-state index is 0.0602. The van der Waals surface area contributed by atoms with E-state index in [4.69, 9.17) is 0 Å². The molecule has 2 saturated carbocycles. The predicted octanol–water partition coefficient (Wildman–Crippen LogP) is 10.3. The van der Waals surface area contributed by atoms with Crippen molar-refractivity contribution >= 4 is 0 Å². The topological polar surface area (TPSA) is 18.5 Å². The summed E-state index contributed by atoms with van der Waals surface area (Å²) in [4.78, 5) is 0. The fourth-order valence-electron chi connectivity index (χ4n) is 6.55. The summed E-state index contributed by atoms with van der Waals surface area (Å²) in [6.45, 7) is 2.27. The number of aryl methyl sites for hydroxylation is 1. The molecule has 0 radical (unpaired) electrons. The lowest BCUT2D eigenvalue weighted by molar-refractivity contribution is -0.276. The molecule has 0 atom stereocenters. The largest absolute Gasteiger partial charge is 0.573 e. The first-order valence-corrected chi connectivity index (χ1v) is 14.3. The number of alkyl halides is 5. The van der Waals surface area contributed by atoms with Crippen LogP contribution in [0, 0.1) is 35.3 Å². The van der Waals surface area contributed by atoms with Gasteiger partial charge in [-0.05, 0) is 92.0 Å². The van der Waals surface area contributed by atoms with E-state index < -0.39 is 35.4 Å². The molecule has 2 fully saturated rings. The van der Waals surface area contributed by atoms with Gasteiger partial charge in [0, 0.05) is 0 Å². The van der Waals surface area contributed by atoms with Crippen LogP contribution in [-0.2, 0) is 12.5 Å². The normalized spacial score (nSPS) is 24.1. The van der Waals surface area contributed by atoms with Crippen molar-refractivity contribution in [2.75, 3.05) is 0 Å². The first-order chi connectivity index (χ1) is 18.9. The molecule has 0 aromatic heterocycles. The monoisotopic (exact) mass is 574 g/mol. The van der Waals surface area contributed by atoms with Crippen LogP contribution in [0.2, 0.25) is 0 Å². The molecule has 9 heteroatoms. The fourth-order valence-corrected chi connectivity index (χ4v) is 6.55. The Morgan fingerprint density at radius 2 is 1.20 bits per heavy atom. The Hall–Kier alpha value is -2.45. The van der Waals surface area contributed by atoms with E-state index in [0.29, 0.717) is 5.92 Å². The number of rotatable bonds is 10. The third-order valence-electron chi connectivity index (χ3n) is 8.71. The highest BCUT2D eigenvalue weighted by molar-refractivity contribution is 5.34. The summed E-state index contributed by atoms with van der Waals surface area (Å²) in [5.41, 5.74) is -0.302. The van der Waals surface area contributed by atoms with Gasteiger partial charge < -0.3 is 9.47 Å². The quantitative estimate of drug-likeness (QED) is 0.263. The maximum atomic E-state index is 14.6. The molecule has 40 heavy (non-hydrogen) atoms. The molecule has 0 bridgehead atoms. The molecular weight excluding hydrogens is 537 g/mol. The van der Waals surface area contributed by atoms with Crippen LogP contribution in [0.25, 0.3) is 0 Å². The molecule has 4 rings (SSSR count). The summed E-state index contributed by atoms with van der Waals surface area (Å²) in [5, 5.41) is 0. The zero-order valence-corrected chi connectivity index (χ0v) is 22.7. The highest BCUT2D eigenvalue weighted by Gasteiger charge is 2.39. The highest BCUT2D eigenvalue weighted by atomic mass is 19.4. The van der Waals surface area contributed by atoms with Crippen molar-refractivity contribution in [3.8, 4) is 11.5 Å². The lowest BCUT2D eigenvalue weighted by Crippen LogP contribution is -2.26. The number of hydrogen-bond donors (Lipinski definition) is 0. The van der Waals surface area contributed by atoms with Crippen molar-refractivity contribution in [1.29, 1.82) is 0 Å². The van der Waals surface area contributed by atoms with E-state index in [1.165, 1.54) is 76.3 Å². The average Bonchev–Trinajstić information content (AvgIpc) is 2.90. The Morgan fingerprint density at radius 3 is 1.68 bits per heavy atom. The number of halogens is 7. The van der Waals surface area contributed by atoms with E-state index in [2.05, 4.69) is 16.4 Å². The number of ether oxygens (including phenoxy) is 2. The third-order valence-corrected chi connectivity index (χ3v) is 8.71. The van der Waals surface area contributed by atoms with Crippen molar-refractivity contribution in [2.24, 2.45) is 23.7 Å². The van der Waals surface area contributed by atoms with Crippen molar-refractivity contribution in [3.63, 3.8) is 0 Å². The lowest BCUT2D eigenvalue weighted by atomic mass is 9.68. The smallest absolute Gasteiger partial charge is 0.429 e. The second-order valence-electron chi connectivity index (χ2n) is 11.5. The minimum Gasteiger partial charge on any atom is -0.429 e. The Morgan fingerprint density at radius 1 is 0.700 bits per heavy atom. The van der Waals surface area contributed by atoms with Gasteiger partial charge in [0.1, 0.15) is 5.75 Å². The zero-order valence-electron chi connectivity index (χ0n) is 22.7. The molecule has 0 unspecified atom stereocenters. The molecular formula is C31H37F7O2. The van der Waals surface area contributed by atoms with E-state index in [-0.39, 0.29) is 17.9 Å². The lowest BCUT2D eigenvalue weighted by Gasteiger charge is -2.38. The second-order valence-corrected chi connectivity index (χ2v) is 11.5. The molecule has 222 valence electrons. The molecule has 2 aliphatic carbocycles. The molecule has 2 aromatic rings. The van der Waals surface area contributed by atoms with Gasteiger partial charge in [-0.2, -0.15) is 8.78 Å². The molecule has 0 aliphatic heterocycles. The van der Waals surface area contributed by atoms with Gasteiger partial charge in [-0.15, -0.1) is 13.2 Å². The minimum atomic E-state index is -5.38. The maximum Gasteiger partial charge on any atom is 0.573 e. The van der Waals surface area contributed by atoms with Crippen LogP contribution in [0.1, 0.15) is 88.7 Å². The first kappa shape index (κ1) is 30.5. The fraction of sp³-hybridized carbons (Fsp3) is 0.613. The number of hydrogen-bond acceptors (Lipinski definition) is 2. The summed E-state index contributed by atoms with van der Waals surface area (Å²) in [6, 6.07) is 6.17. The van der Waals surface area contributed by atoms with Crippen LogP contribution in [0.15, 0.2) is 36.4 Å². The van der Waals surface area contributed by atoms with E-state index in [9.17, 15) is 30.7 Å². The van der Waals surface area contributed by atoms with Crippen LogP contribution in [0.5, 0.6) is 11.5 Å². The molecule has 0 N–H and O–H groups in total. The maximum absolute atomic E-state index is 14.6. The van der Waals surface area contributed by atoms with Crippen LogP contribution in [0.3, 0.4) is 0 Å². The van der Waals surface area contributed by atoms with E-state index in [0.717, 1.165) is 36.2 Å². The summed E-state index contributed by atoms with van der Waals surface area (Å²) >= 11 is 0. The van der Waals surface area contributed by atoms with Gasteiger partial charge >= 0.3 is 12.5 Å². The summed E-state index contributed by atoms with van der Waals surface area (Å²) in [6.07, 6.45) is 5.51. The van der Waals surface area contributed by atoms with Gasteiger partial charge in [0.15, 0.2) is 11.6 Å². The molecule has 0 amide bonds. The zero-order chi connectivity index (χ0) is 28.9. The summed E-state index contributed by atoms with van der Waals surface area (Å²) < 4.78 is 102. The van der Waals surface area contributed by atoms with Crippen LogP contribution >= 0.6 is 0 Å². The molecule has 0 spiro atoms. The average molecular weight is 575 g/mol. The van der Waals surface area contributed by atoms with Gasteiger partial charge in [-0.1, -0.05) is 57.6 Å². The summed E-state index contributed by atoms with van der Waals surface area (Å²) in [7, 11) is 0. The van der Waals surface area contributed by atoms with Gasteiger partial charge in [0.25, 0.3) is 0 Å². The van der Waals surface area contributed by atoms with Gasteiger partial charge in [-0.25, -0.2) is 8.78 Å². The van der Waals surface area contributed by atoms with E-state index >= 15 is 0 Å². The Bertz CT molecular complexity index is 1060. The first-order valence-electron chi connectivity index (χ1n) is 14.3. The second kappa shape index (κ2) is 13.0. The standard InChI is InChI=1S/C31H37F7O2/c1-2-3-20-6-12-23(13-7-20)24-14-8-21(9-15-24)4-5-22-10-16-26(17-11-22)39-30(34,35)25-18-27(32)29(28(33)19-25)40-31(36,37)38/h10-11,16-21,23-24H,2-9,12-15H2,1H3. The van der Waals surface area contributed by atoms with Gasteiger partial charge in [0.05, 0.1) is 5.56 Å². The Balaban J connectivity index is 1.24. The van der Waals surface area contributed by atoms with Crippen molar-refractivity contribution < 1.29 is 40.2 Å². The van der Waals surface area contributed by atoms with Crippen LogP contribution in [-0.4, -0.2) is 6.36 Å². The Kier molecular flexibility index (Phi) is 9.93. The van der Waals surface area contributed by atoms with Crippen molar-refractivity contribution in [1.82, 2.24) is 0 Å². The van der Waals surface area contributed by atoms with Gasteiger partial charge in [0.2, 0.25) is 5.75 Å². The van der Waals surface area contributed by atoms with Gasteiger partial charge in [-0.3, -0.25) is 0 Å². The summed E-state index contributed by atoms with van der Waals surface area (Å²) in [5.74, 6) is -2.55. The molecule has 2 aromatic carbocycles. The Labute approximate surface area is 231 Å². The van der Waals surface area contributed by atoms with Crippen molar-refractivity contribution in [2.45, 2.75) is 96.4 Å².